The van der Waals surface area contributed by atoms with Crippen LogP contribution in [0.2, 0.25) is 0 Å². The molecule has 0 bridgehead atoms. The van der Waals surface area contributed by atoms with Crippen LogP contribution in [0.5, 0.6) is 11.5 Å². The standard InChI is InChI=1S/C41H45N7O8/c1-41(2,3)56-39(51)43-17-18-45(19-20-46-32-21-27(23-42)5-8-28(32)9-16-36(46)49)29-10-13-31-34(22-29)55-40(52)48(31)35-15-14-33-38(44-35)47(37(50)25-54-33)24-26-6-11-30(53-4)12-7-26/h5-9,11-12,14-16,21,29,31,34H,10,13,17-20,22,24-25H2,1-4H3,(H,43,51)/t29-,31-,34-/m1/s1. The van der Waals surface area contributed by atoms with Gasteiger partial charge in [0.1, 0.15) is 23.3 Å². The molecular weight excluding hydrogens is 718 g/mol. The summed E-state index contributed by atoms with van der Waals surface area (Å²) in [7, 11) is 1.59. The van der Waals surface area contributed by atoms with Gasteiger partial charge in [-0.25, -0.2) is 14.6 Å². The number of rotatable bonds is 11. The minimum atomic E-state index is -0.650. The van der Waals surface area contributed by atoms with Crippen molar-refractivity contribution < 1.29 is 33.3 Å². The van der Waals surface area contributed by atoms with E-state index in [1.807, 2.05) is 30.3 Å². The van der Waals surface area contributed by atoms with E-state index in [1.165, 1.54) is 6.07 Å². The van der Waals surface area contributed by atoms with Crippen molar-refractivity contribution in [3.63, 3.8) is 0 Å². The number of carbonyl (C=O) groups excluding carboxylic acids is 3. The first-order valence-corrected chi connectivity index (χ1v) is 18.7. The number of alkyl carbamates (subject to hydrolysis) is 1. The van der Waals surface area contributed by atoms with Gasteiger partial charge in [0, 0.05) is 44.7 Å². The summed E-state index contributed by atoms with van der Waals surface area (Å²) in [5, 5.41) is 13.2. The highest BCUT2D eigenvalue weighted by molar-refractivity contribution is 5.97. The van der Waals surface area contributed by atoms with Gasteiger partial charge in [0.15, 0.2) is 18.2 Å². The number of hydrogen-bond acceptors (Lipinski definition) is 11. The number of pyridine rings is 2. The highest BCUT2D eigenvalue weighted by Gasteiger charge is 2.48. The summed E-state index contributed by atoms with van der Waals surface area (Å²) < 4.78 is 24.1. The molecule has 3 atom stereocenters. The third-order valence-electron chi connectivity index (χ3n) is 10.3. The lowest BCUT2D eigenvalue weighted by molar-refractivity contribution is -0.121. The molecule has 292 valence electrons. The van der Waals surface area contributed by atoms with Crippen molar-refractivity contribution >= 4 is 40.6 Å². The van der Waals surface area contributed by atoms with E-state index in [2.05, 4.69) is 16.3 Å². The molecule has 15 nitrogen and oxygen atoms in total. The highest BCUT2D eigenvalue weighted by atomic mass is 16.6. The normalized spacial score (nSPS) is 19.2. The Bertz CT molecular complexity index is 2230. The van der Waals surface area contributed by atoms with Crippen LogP contribution in [0, 0.1) is 11.3 Å². The average molecular weight is 764 g/mol. The topological polar surface area (TPSA) is 169 Å². The number of anilines is 2. The number of nitrogens with zero attached hydrogens (tertiary/aromatic N) is 6. The second-order valence-electron chi connectivity index (χ2n) is 15.1. The first kappa shape index (κ1) is 38.1. The van der Waals surface area contributed by atoms with Crippen LogP contribution in [0.15, 0.2) is 71.5 Å². The van der Waals surface area contributed by atoms with Gasteiger partial charge in [-0.3, -0.25) is 24.3 Å². The molecule has 3 aliphatic rings. The summed E-state index contributed by atoms with van der Waals surface area (Å²) in [5.74, 6) is 1.59. The predicted octanol–water partition coefficient (Wildman–Crippen LogP) is 4.98. The van der Waals surface area contributed by atoms with E-state index >= 15 is 0 Å². The monoisotopic (exact) mass is 763 g/mol. The zero-order chi connectivity index (χ0) is 39.6. The van der Waals surface area contributed by atoms with Crippen molar-refractivity contribution in [1.82, 2.24) is 19.8 Å². The Morgan fingerprint density at radius 3 is 2.57 bits per heavy atom. The molecule has 1 N–H and O–H groups in total. The fraction of sp³-hybridized carbons (Fsp3) is 0.415. The maximum absolute atomic E-state index is 13.6. The Balaban J connectivity index is 1.09. The summed E-state index contributed by atoms with van der Waals surface area (Å²) in [5.41, 5.74) is 1.16. The van der Waals surface area contributed by atoms with Crippen LogP contribution in [-0.4, -0.2) is 89.7 Å². The van der Waals surface area contributed by atoms with Crippen LogP contribution < -0.4 is 30.1 Å². The molecular formula is C41H45N7O8. The molecule has 2 aromatic heterocycles. The number of fused-ring (bicyclic) bond motifs is 3. The number of hydrogen-bond donors (Lipinski definition) is 1. The zero-order valence-corrected chi connectivity index (χ0v) is 31.9. The molecule has 0 unspecified atom stereocenters. The van der Waals surface area contributed by atoms with E-state index < -0.39 is 23.9 Å². The molecule has 56 heavy (non-hydrogen) atoms. The number of aromatic nitrogens is 2. The third kappa shape index (κ3) is 8.25. The zero-order valence-electron chi connectivity index (χ0n) is 31.9. The average Bonchev–Trinajstić information content (AvgIpc) is 3.51. The van der Waals surface area contributed by atoms with Crippen molar-refractivity contribution in [2.75, 3.05) is 43.2 Å². The van der Waals surface area contributed by atoms with E-state index in [-0.39, 0.29) is 36.7 Å². The van der Waals surface area contributed by atoms with Gasteiger partial charge in [-0.2, -0.15) is 5.26 Å². The van der Waals surface area contributed by atoms with Crippen LogP contribution in [0.25, 0.3) is 10.9 Å². The Hall–Kier alpha value is -6.14. The van der Waals surface area contributed by atoms with Crippen molar-refractivity contribution in [1.29, 1.82) is 5.26 Å². The van der Waals surface area contributed by atoms with E-state index in [4.69, 9.17) is 23.9 Å². The van der Waals surface area contributed by atoms with Gasteiger partial charge >= 0.3 is 12.2 Å². The molecule has 2 fully saturated rings. The summed E-state index contributed by atoms with van der Waals surface area (Å²) >= 11 is 0. The van der Waals surface area contributed by atoms with Gasteiger partial charge in [-0.1, -0.05) is 18.2 Å². The first-order chi connectivity index (χ1) is 26.9. The molecule has 4 heterocycles. The predicted molar refractivity (Wildman–Crippen MR) is 207 cm³/mol. The fourth-order valence-corrected chi connectivity index (χ4v) is 7.62. The molecule has 2 aliphatic heterocycles. The van der Waals surface area contributed by atoms with Crippen LogP contribution in [0.1, 0.15) is 51.2 Å². The Kier molecular flexibility index (Phi) is 10.8. The van der Waals surface area contributed by atoms with E-state index in [0.717, 1.165) is 10.9 Å². The summed E-state index contributed by atoms with van der Waals surface area (Å²) in [4.78, 5) is 62.5. The lowest BCUT2D eigenvalue weighted by atomic mass is 9.87. The number of benzene rings is 2. The van der Waals surface area contributed by atoms with Crippen LogP contribution in [0.4, 0.5) is 21.2 Å². The number of ether oxygens (including phenoxy) is 4. The van der Waals surface area contributed by atoms with Crippen LogP contribution in [-0.2, 0) is 27.4 Å². The Morgan fingerprint density at radius 2 is 1.82 bits per heavy atom. The second-order valence-corrected chi connectivity index (χ2v) is 15.1. The lowest BCUT2D eigenvalue weighted by Crippen LogP contribution is -2.50. The quantitative estimate of drug-likeness (QED) is 0.219. The molecule has 0 spiro atoms. The molecule has 1 aliphatic carbocycles. The molecule has 0 radical (unpaired) electrons. The molecule has 15 heteroatoms. The number of nitriles is 1. The van der Waals surface area contributed by atoms with E-state index in [9.17, 15) is 24.4 Å². The van der Waals surface area contributed by atoms with Crippen molar-refractivity contribution in [2.45, 2.75) is 76.9 Å². The maximum atomic E-state index is 13.6. The molecule has 3 amide bonds. The molecule has 7 rings (SSSR count). The van der Waals surface area contributed by atoms with Gasteiger partial charge in [0.05, 0.1) is 36.8 Å². The number of amides is 3. The van der Waals surface area contributed by atoms with Crippen molar-refractivity contribution in [3.8, 4) is 17.6 Å². The summed E-state index contributed by atoms with van der Waals surface area (Å²) in [6.07, 6.45) is 0.306. The van der Waals surface area contributed by atoms with Crippen LogP contribution >= 0.6 is 0 Å². The highest BCUT2D eigenvalue weighted by Crippen LogP contribution is 2.39. The second kappa shape index (κ2) is 15.9. The van der Waals surface area contributed by atoms with Crippen molar-refractivity contribution in [3.05, 3.63) is 88.2 Å². The smallest absolute Gasteiger partial charge is 0.416 e. The summed E-state index contributed by atoms with van der Waals surface area (Å²) in [6.45, 7) is 7.07. The van der Waals surface area contributed by atoms with Gasteiger partial charge in [-0.15, -0.1) is 0 Å². The van der Waals surface area contributed by atoms with E-state index in [0.29, 0.717) is 79.7 Å². The number of carbonyl (C=O) groups is 3. The minimum Gasteiger partial charge on any atom is -0.497 e. The summed E-state index contributed by atoms with van der Waals surface area (Å²) in [6, 6.07) is 21.2. The Morgan fingerprint density at radius 1 is 1.04 bits per heavy atom. The van der Waals surface area contributed by atoms with Gasteiger partial charge in [0.25, 0.3) is 11.5 Å². The lowest BCUT2D eigenvalue weighted by Gasteiger charge is -2.39. The Labute approximate surface area is 324 Å². The van der Waals surface area contributed by atoms with Crippen molar-refractivity contribution in [2.24, 2.45) is 0 Å². The largest absolute Gasteiger partial charge is 0.497 e. The molecule has 4 aromatic rings. The van der Waals surface area contributed by atoms with Gasteiger partial charge in [0.2, 0.25) is 0 Å². The first-order valence-electron chi connectivity index (χ1n) is 18.7. The molecule has 1 saturated carbocycles. The van der Waals surface area contributed by atoms with Gasteiger partial charge in [-0.05, 0) is 87.0 Å². The third-order valence-corrected chi connectivity index (χ3v) is 10.3. The van der Waals surface area contributed by atoms with E-state index in [1.54, 1.807) is 72.6 Å². The fourth-order valence-electron chi connectivity index (χ4n) is 7.62. The number of nitrogens with one attached hydrogen (secondary N) is 1. The molecule has 1 saturated heterocycles. The maximum Gasteiger partial charge on any atom is 0.416 e. The molecule has 2 aromatic carbocycles. The SMILES string of the molecule is COc1ccc(CN2C(=O)COc3ccc(N4C(=O)O[C@@H]5C[C@H](N(CCNC(=O)OC(C)(C)C)CCn6c(=O)ccc7ccc(C#N)cc76)CC[C@H]54)nc32)cc1. The minimum absolute atomic E-state index is 0.0488. The number of methoxy groups -OCH3 is 1. The van der Waals surface area contributed by atoms with Gasteiger partial charge < -0.3 is 28.8 Å². The van der Waals surface area contributed by atoms with Crippen LogP contribution in [0.3, 0.4) is 0 Å².